The summed E-state index contributed by atoms with van der Waals surface area (Å²) in [6.45, 7) is 4.83. The van der Waals surface area contributed by atoms with E-state index in [1.807, 2.05) is 12.1 Å². The number of rotatable bonds is 5. The number of hydrogen-bond donors (Lipinski definition) is 2. The Labute approximate surface area is 123 Å². The van der Waals surface area contributed by atoms with E-state index >= 15 is 0 Å². The first kappa shape index (κ1) is 14.5. The Balaban J connectivity index is 2.15. The standard InChI is InChI=1S/C14H18ClN5/c1-9(2)7-11-19-13(15)12(16)14(20-11)18-8-10-3-5-17-6-4-10/h3-6,9H,7-8,16H2,1-2H3,(H,18,19,20). The summed E-state index contributed by atoms with van der Waals surface area (Å²) in [7, 11) is 0. The van der Waals surface area contributed by atoms with Crippen LogP contribution in [-0.2, 0) is 13.0 Å². The van der Waals surface area contributed by atoms with E-state index in [1.165, 1.54) is 0 Å². The summed E-state index contributed by atoms with van der Waals surface area (Å²) in [4.78, 5) is 12.6. The molecule has 0 aliphatic rings. The first-order chi connectivity index (χ1) is 9.56. The van der Waals surface area contributed by atoms with Crippen molar-refractivity contribution in [1.82, 2.24) is 15.0 Å². The molecule has 0 aliphatic heterocycles. The van der Waals surface area contributed by atoms with Crippen molar-refractivity contribution in [3.05, 3.63) is 41.1 Å². The van der Waals surface area contributed by atoms with Gasteiger partial charge in [0.2, 0.25) is 0 Å². The maximum atomic E-state index is 6.06. The molecule has 106 valence electrons. The van der Waals surface area contributed by atoms with E-state index in [-0.39, 0.29) is 0 Å². The fourth-order valence-electron chi connectivity index (χ4n) is 1.76. The second kappa shape index (κ2) is 6.52. The summed E-state index contributed by atoms with van der Waals surface area (Å²) in [6.07, 6.45) is 4.26. The van der Waals surface area contributed by atoms with E-state index in [2.05, 4.69) is 34.1 Å². The van der Waals surface area contributed by atoms with E-state index in [9.17, 15) is 0 Å². The van der Waals surface area contributed by atoms with Crippen LogP contribution >= 0.6 is 11.6 Å². The summed E-state index contributed by atoms with van der Waals surface area (Å²) >= 11 is 6.06. The molecule has 0 saturated heterocycles. The predicted octanol–water partition coefficient (Wildman–Crippen LogP) is 2.92. The highest BCUT2D eigenvalue weighted by molar-refractivity contribution is 6.32. The molecule has 0 unspecified atom stereocenters. The molecular weight excluding hydrogens is 274 g/mol. The van der Waals surface area contributed by atoms with Crippen molar-refractivity contribution in [2.75, 3.05) is 11.1 Å². The number of nitrogens with two attached hydrogens (primary N) is 1. The first-order valence-electron chi connectivity index (χ1n) is 6.51. The van der Waals surface area contributed by atoms with Gasteiger partial charge in [0.15, 0.2) is 11.0 Å². The molecule has 5 nitrogen and oxygen atoms in total. The van der Waals surface area contributed by atoms with Gasteiger partial charge in [-0.2, -0.15) is 0 Å². The van der Waals surface area contributed by atoms with Gasteiger partial charge in [0.05, 0.1) is 0 Å². The van der Waals surface area contributed by atoms with Gasteiger partial charge in [0.25, 0.3) is 0 Å². The van der Waals surface area contributed by atoms with Crippen molar-refractivity contribution < 1.29 is 0 Å². The van der Waals surface area contributed by atoms with Crippen LogP contribution in [0.25, 0.3) is 0 Å². The van der Waals surface area contributed by atoms with Gasteiger partial charge < -0.3 is 11.1 Å². The minimum atomic E-state index is 0.299. The van der Waals surface area contributed by atoms with Crippen molar-refractivity contribution in [3.8, 4) is 0 Å². The lowest BCUT2D eigenvalue weighted by molar-refractivity contribution is 0.621. The molecule has 0 fully saturated rings. The van der Waals surface area contributed by atoms with Crippen LogP contribution in [0.5, 0.6) is 0 Å². The van der Waals surface area contributed by atoms with Crippen molar-refractivity contribution in [3.63, 3.8) is 0 Å². The van der Waals surface area contributed by atoms with Crippen molar-refractivity contribution in [2.24, 2.45) is 5.92 Å². The highest BCUT2D eigenvalue weighted by Crippen LogP contribution is 2.24. The highest BCUT2D eigenvalue weighted by atomic mass is 35.5. The number of hydrogen-bond acceptors (Lipinski definition) is 5. The average Bonchev–Trinajstić information content (AvgIpc) is 2.41. The van der Waals surface area contributed by atoms with Crippen molar-refractivity contribution >= 4 is 23.1 Å². The normalized spacial score (nSPS) is 10.8. The Morgan fingerprint density at radius 3 is 2.60 bits per heavy atom. The molecule has 0 aliphatic carbocycles. The minimum absolute atomic E-state index is 0.299. The van der Waals surface area contributed by atoms with Gasteiger partial charge in [-0.1, -0.05) is 25.4 Å². The van der Waals surface area contributed by atoms with Gasteiger partial charge in [-0.25, -0.2) is 9.97 Å². The molecule has 20 heavy (non-hydrogen) atoms. The van der Waals surface area contributed by atoms with Gasteiger partial charge in [-0.05, 0) is 23.6 Å². The van der Waals surface area contributed by atoms with Crippen LogP contribution in [0.4, 0.5) is 11.5 Å². The van der Waals surface area contributed by atoms with E-state index in [4.69, 9.17) is 17.3 Å². The summed E-state index contributed by atoms with van der Waals surface area (Å²) in [5.41, 5.74) is 7.39. The van der Waals surface area contributed by atoms with Gasteiger partial charge >= 0.3 is 0 Å². The topological polar surface area (TPSA) is 76.7 Å². The second-order valence-corrected chi connectivity index (χ2v) is 5.36. The molecule has 0 bridgehead atoms. The molecule has 3 N–H and O–H groups in total. The maximum absolute atomic E-state index is 6.06. The van der Waals surface area contributed by atoms with Crippen LogP contribution in [0.1, 0.15) is 25.2 Å². The van der Waals surface area contributed by atoms with Gasteiger partial charge in [0, 0.05) is 25.4 Å². The second-order valence-electron chi connectivity index (χ2n) is 5.00. The number of aromatic nitrogens is 3. The van der Waals surface area contributed by atoms with Crippen LogP contribution in [0.15, 0.2) is 24.5 Å². The number of anilines is 2. The predicted molar refractivity (Wildman–Crippen MR) is 81.6 cm³/mol. The molecule has 0 amide bonds. The number of nitrogen functional groups attached to an aromatic ring is 1. The van der Waals surface area contributed by atoms with E-state index in [1.54, 1.807) is 12.4 Å². The number of nitrogens with zero attached hydrogens (tertiary/aromatic N) is 3. The monoisotopic (exact) mass is 291 g/mol. The fraction of sp³-hybridized carbons (Fsp3) is 0.357. The lowest BCUT2D eigenvalue weighted by Crippen LogP contribution is -2.10. The molecule has 0 atom stereocenters. The summed E-state index contributed by atoms with van der Waals surface area (Å²) in [6, 6.07) is 3.86. The van der Waals surface area contributed by atoms with Crippen molar-refractivity contribution in [1.29, 1.82) is 0 Å². The minimum Gasteiger partial charge on any atom is -0.393 e. The van der Waals surface area contributed by atoms with Crippen LogP contribution in [-0.4, -0.2) is 15.0 Å². The lowest BCUT2D eigenvalue weighted by atomic mass is 10.1. The van der Waals surface area contributed by atoms with Crippen LogP contribution in [0, 0.1) is 5.92 Å². The average molecular weight is 292 g/mol. The third-order valence-corrected chi connectivity index (χ3v) is 3.03. The van der Waals surface area contributed by atoms with Crippen molar-refractivity contribution in [2.45, 2.75) is 26.8 Å². The van der Waals surface area contributed by atoms with Gasteiger partial charge in [0.1, 0.15) is 11.5 Å². The molecule has 2 aromatic rings. The summed E-state index contributed by atoms with van der Waals surface area (Å²) in [5, 5.41) is 3.49. The van der Waals surface area contributed by atoms with Crippen LogP contribution in [0.2, 0.25) is 5.15 Å². The molecule has 2 rings (SSSR count). The third kappa shape index (κ3) is 3.81. The first-order valence-corrected chi connectivity index (χ1v) is 6.88. The Hall–Kier alpha value is -1.88. The zero-order valence-electron chi connectivity index (χ0n) is 11.6. The van der Waals surface area contributed by atoms with E-state index in [0.29, 0.717) is 34.9 Å². The Kier molecular flexibility index (Phi) is 4.74. The smallest absolute Gasteiger partial charge is 0.157 e. The fourth-order valence-corrected chi connectivity index (χ4v) is 1.95. The van der Waals surface area contributed by atoms with Crippen LogP contribution < -0.4 is 11.1 Å². The van der Waals surface area contributed by atoms with E-state index < -0.39 is 0 Å². The van der Waals surface area contributed by atoms with E-state index in [0.717, 1.165) is 12.0 Å². The third-order valence-electron chi connectivity index (χ3n) is 2.75. The molecule has 0 radical (unpaired) electrons. The highest BCUT2D eigenvalue weighted by Gasteiger charge is 2.11. The molecule has 2 heterocycles. The van der Waals surface area contributed by atoms with Crippen LogP contribution in [0.3, 0.4) is 0 Å². The molecular formula is C14H18ClN5. The quantitative estimate of drug-likeness (QED) is 0.828. The Bertz CT molecular complexity index is 571. The summed E-state index contributed by atoms with van der Waals surface area (Å²) in [5.74, 6) is 1.75. The largest absolute Gasteiger partial charge is 0.393 e. The molecule has 0 spiro atoms. The Morgan fingerprint density at radius 1 is 1.25 bits per heavy atom. The maximum Gasteiger partial charge on any atom is 0.157 e. The zero-order chi connectivity index (χ0) is 14.5. The lowest BCUT2D eigenvalue weighted by Gasteiger charge is -2.12. The molecule has 0 aromatic carbocycles. The molecule has 2 aromatic heterocycles. The SMILES string of the molecule is CC(C)Cc1nc(Cl)c(N)c(NCc2ccncc2)n1. The Morgan fingerprint density at radius 2 is 1.95 bits per heavy atom. The van der Waals surface area contributed by atoms with Gasteiger partial charge in [-0.3, -0.25) is 4.98 Å². The van der Waals surface area contributed by atoms with Gasteiger partial charge in [-0.15, -0.1) is 0 Å². The summed E-state index contributed by atoms with van der Waals surface area (Å²) < 4.78 is 0. The number of halogens is 1. The molecule has 6 heteroatoms. The number of pyridine rings is 1. The molecule has 0 saturated carbocycles. The zero-order valence-corrected chi connectivity index (χ0v) is 12.4. The number of nitrogens with one attached hydrogen (secondary N) is 1.